The van der Waals surface area contributed by atoms with Crippen LogP contribution in [-0.4, -0.2) is 36.8 Å². The second kappa shape index (κ2) is 5.60. The Bertz CT molecular complexity index is 228. The fraction of sp³-hybridized carbons (Fsp3) is 0.556. The van der Waals surface area contributed by atoms with Gasteiger partial charge in [-0.15, -0.1) is 22.9 Å². The van der Waals surface area contributed by atoms with E-state index in [9.17, 15) is 0 Å². The van der Waals surface area contributed by atoms with Crippen molar-refractivity contribution in [2.24, 2.45) is 0 Å². The van der Waals surface area contributed by atoms with Gasteiger partial charge in [-0.25, -0.2) is 0 Å². The first-order chi connectivity index (χ1) is 6.24. The maximum Gasteiger partial charge on any atom is 0.0805 e. The van der Waals surface area contributed by atoms with E-state index >= 15 is 0 Å². The molecule has 1 heterocycles. The molecule has 2 nitrogen and oxygen atoms in total. The molecule has 13 heavy (non-hydrogen) atoms. The Kier molecular flexibility index (Phi) is 4.73. The summed E-state index contributed by atoms with van der Waals surface area (Å²) in [5.74, 6) is 0. The fourth-order valence-electron chi connectivity index (χ4n) is 1.10. The van der Waals surface area contributed by atoms with E-state index in [1.807, 2.05) is 29.5 Å². The van der Waals surface area contributed by atoms with Crippen molar-refractivity contribution in [1.82, 2.24) is 4.90 Å². The first-order valence-electron chi connectivity index (χ1n) is 4.21. The number of rotatable bonds is 5. The lowest BCUT2D eigenvalue weighted by Gasteiger charge is -2.17. The Balaban J connectivity index is 2.37. The van der Waals surface area contributed by atoms with Crippen LogP contribution >= 0.6 is 22.9 Å². The highest BCUT2D eigenvalue weighted by molar-refractivity contribution is 7.10. The zero-order valence-corrected chi connectivity index (χ0v) is 9.18. The van der Waals surface area contributed by atoms with E-state index in [1.165, 1.54) is 4.88 Å². The van der Waals surface area contributed by atoms with Gasteiger partial charge in [-0.05, 0) is 18.5 Å². The summed E-state index contributed by atoms with van der Waals surface area (Å²) < 4.78 is 0. The van der Waals surface area contributed by atoms with Gasteiger partial charge in [0.2, 0.25) is 0 Å². The molecule has 1 N–H and O–H groups in total. The monoisotopic (exact) mass is 219 g/mol. The third-order valence-corrected chi connectivity index (χ3v) is 3.29. The van der Waals surface area contributed by atoms with Crippen LogP contribution in [0.1, 0.15) is 10.3 Å². The number of nitrogens with zero attached hydrogens (tertiary/aromatic N) is 1. The van der Waals surface area contributed by atoms with Crippen LogP contribution in [0.5, 0.6) is 0 Å². The van der Waals surface area contributed by atoms with Crippen LogP contribution in [0.3, 0.4) is 0 Å². The van der Waals surface area contributed by atoms with Gasteiger partial charge in [-0.2, -0.15) is 0 Å². The second-order valence-electron chi connectivity index (χ2n) is 2.97. The third-order valence-electron chi connectivity index (χ3n) is 1.81. The molecule has 1 atom stereocenters. The molecule has 4 heteroatoms. The van der Waals surface area contributed by atoms with Crippen molar-refractivity contribution >= 4 is 22.9 Å². The normalized spacial score (nSPS) is 13.5. The first kappa shape index (κ1) is 11.0. The highest BCUT2D eigenvalue weighted by Crippen LogP contribution is 2.25. The van der Waals surface area contributed by atoms with Crippen LogP contribution in [0.25, 0.3) is 0 Å². The van der Waals surface area contributed by atoms with Crippen LogP contribution in [-0.2, 0) is 0 Å². The molecule has 1 rings (SSSR count). The summed E-state index contributed by atoms with van der Waals surface area (Å²) in [6, 6.07) is 4.04. The molecule has 0 bridgehead atoms. The van der Waals surface area contributed by atoms with Gasteiger partial charge in [0.1, 0.15) is 0 Å². The Hall–Kier alpha value is -0.0900. The van der Waals surface area contributed by atoms with E-state index in [2.05, 4.69) is 0 Å². The highest BCUT2D eigenvalue weighted by Gasteiger charge is 2.10. The average Bonchev–Trinajstić information content (AvgIpc) is 2.55. The number of hydrogen-bond donors (Lipinski definition) is 1. The standard InChI is InChI=1S/C9H14ClNOS/c1-11(4-5-12)7-8(10)9-3-2-6-13-9/h2-3,6,8,12H,4-5,7H2,1H3. The Morgan fingerprint density at radius 1 is 1.69 bits per heavy atom. The Labute approximate surface area is 87.8 Å². The molecule has 1 aromatic rings. The SMILES string of the molecule is CN(CCO)CC(Cl)c1cccs1. The molecule has 1 unspecified atom stereocenters. The fourth-order valence-corrected chi connectivity index (χ4v) is 2.25. The topological polar surface area (TPSA) is 23.5 Å². The van der Waals surface area contributed by atoms with Crippen LogP contribution in [0.2, 0.25) is 0 Å². The van der Waals surface area contributed by atoms with Crippen LogP contribution < -0.4 is 0 Å². The number of alkyl halides is 1. The largest absolute Gasteiger partial charge is 0.395 e. The molecule has 0 amide bonds. The van der Waals surface area contributed by atoms with Crippen molar-refractivity contribution in [3.63, 3.8) is 0 Å². The van der Waals surface area contributed by atoms with Gasteiger partial charge in [-0.1, -0.05) is 6.07 Å². The molecule has 74 valence electrons. The lowest BCUT2D eigenvalue weighted by Crippen LogP contribution is -2.25. The Morgan fingerprint density at radius 2 is 2.46 bits per heavy atom. The third kappa shape index (κ3) is 3.65. The summed E-state index contributed by atoms with van der Waals surface area (Å²) >= 11 is 7.84. The quantitative estimate of drug-likeness (QED) is 0.766. The van der Waals surface area contributed by atoms with E-state index in [-0.39, 0.29) is 12.0 Å². The van der Waals surface area contributed by atoms with Crippen molar-refractivity contribution < 1.29 is 5.11 Å². The summed E-state index contributed by atoms with van der Waals surface area (Å²) in [5, 5.41) is 10.8. The lowest BCUT2D eigenvalue weighted by molar-refractivity contribution is 0.222. The molecule has 0 aliphatic heterocycles. The summed E-state index contributed by atoms with van der Waals surface area (Å²) in [4.78, 5) is 3.21. The van der Waals surface area contributed by atoms with Crippen LogP contribution in [0.4, 0.5) is 0 Å². The van der Waals surface area contributed by atoms with E-state index in [1.54, 1.807) is 11.3 Å². The summed E-state index contributed by atoms with van der Waals surface area (Å²) in [5.41, 5.74) is 0. The molecule has 0 aliphatic carbocycles. The molecular formula is C9H14ClNOS. The number of likely N-dealkylation sites (N-methyl/N-ethyl adjacent to an activating group) is 1. The van der Waals surface area contributed by atoms with E-state index in [4.69, 9.17) is 16.7 Å². The molecular weight excluding hydrogens is 206 g/mol. The van der Waals surface area contributed by atoms with Gasteiger partial charge >= 0.3 is 0 Å². The van der Waals surface area contributed by atoms with E-state index in [0.29, 0.717) is 6.54 Å². The maximum atomic E-state index is 8.70. The molecule has 0 aromatic carbocycles. The maximum absolute atomic E-state index is 8.70. The van der Waals surface area contributed by atoms with Crippen molar-refractivity contribution in [1.29, 1.82) is 0 Å². The molecule has 0 aliphatic rings. The predicted molar refractivity (Wildman–Crippen MR) is 57.5 cm³/mol. The van der Waals surface area contributed by atoms with Crippen molar-refractivity contribution in [2.75, 3.05) is 26.7 Å². The lowest BCUT2D eigenvalue weighted by atomic mass is 10.3. The minimum absolute atomic E-state index is 0.0385. The molecule has 0 radical (unpaired) electrons. The van der Waals surface area contributed by atoms with Crippen molar-refractivity contribution in [3.05, 3.63) is 22.4 Å². The average molecular weight is 220 g/mol. The van der Waals surface area contributed by atoms with Crippen LogP contribution in [0.15, 0.2) is 17.5 Å². The van der Waals surface area contributed by atoms with Gasteiger partial charge < -0.3 is 10.0 Å². The number of halogens is 1. The minimum atomic E-state index is 0.0385. The minimum Gasteiger partial charge on any atom is -0.395 e. The zero-order valence-electron chi connectivity index (χ0n) is 7.61. The number of thiophene rings is 1. The smallest absolute Gasteiger partial charge is 0.0805 e. The first-order valence-corrected chi connectivity index (χ1v) is 5.52. The van der Waals surface area contributed by atoms with Crippen LogP contribution in [0, 0.1) is 0 Å². The summed E-state index contributed by atoms with van der Waals surface area (Å²) in [6.45, 7) is 1.64. The van der Waals surface area contributed by atoms with Gasteiger partial charge in [0.25, 0.3) is 0 Å². The number of hydrogen-bond acceptors (Lipinski definition) is 3. The molecule has 0 saturated heterocycles. The van der Waals surface area contributed by atoms with Gasteiger partial charge in [0, 0.05) is 18.0 Å². The zero-order chi connectivity index (χ0) is 9.68. The highest BCUT2D eigenvalue weighted by atomic mass is 35.5. The van der Waals surface area contributed by atoms with Crippen molar-refractivity contribution in [3.8, 4) is 0 Å². The van der Waals surface area contributed by atoms with E-state index < -0.39 is 0 Å². The van der Waals surface area contributed by atoms with Gasteiger partial charge in [0.15, 0.2) is 0 Å². The van der Waals surface area contributed by atoms with E-state index in [0.717, 1.165) is 6.54 Å². The number of aliphatic hydroxyl groups is 1. The van der Waals surface area contributed by atoms with Gasteiger partial charge in [0.05, 0.1) is 12.0 Å². The van der Waals surface area contributed by atoms with Gasteiger partial charge in [-0.3, -0.25) is 0 Å². The summed E-state index contributed by atoms with van der Waals surface area (Å²) in [7, 11) is 1.96. The number of aliphatic hydroxyl groups excluding tert-OH is 1. The molecule has 1 aromatic heterocycles. The summed E-state index contributed by atoms with van der Waals surface area (Å²) in [6.07, 6.45) is 0. The Morgan fingerprint density at radius 3 is 3.00 bits per heavy atom. The van der Waals surface area contributed by atoms with Crippen molar-refractivity contribution in [2.45, 2.75) is 5.38 Å². The molecule has 0 saturated carbocycles. The second-order valence-corrected chi connectivity index (χ2v) is 4.47. The molecule has 0 spiro atoms. The predicted octanol–water partition coefficient (Wildman–Crippen LogP) is 1.95. The molecule has 0 fully saturated rings.